The number of alkyl halides is 3. The van der Waals surface area contributed by atoms with Crippen molar-refractivity contribution >= 4 is 17.2 Å². The minimum Gasteiger partial charge on any atom is -0.312 e. The third kappa shape index (κ3) is 2.65. The summed E-state index contributed by atoms with van der Waals surface area (Å²) >= 11 is 0. The molecule has 4 rings (SSSR count). The second kappa shape index (κ2) is 5.34. The number of carbonyl (C=O) groups excluding carboxylic acids is 1. The first-order valence-electron chi connectivity index (χ1n) is 7.80. The van der Waals surface area contributed by atoms with Crippen molar-refractivity contribution in [2.24, 2.45) is 0 Å². The van der Waals surface area contributed by atoms with Crippen LogP contribution in [0.1, 0.15) is 18.1 Å². The minimum atomic E-state index is -4.39. The Kier molecular flexibility index (Phi) is 3.35. The van der Waals surface area contributed by atoms with Gasteiger partial charge in [0.2, 0.25) is 5.91 Å². The average molecular weight is 345 g/mol. The van der Waals surface area contributed by atoms with Gasteiger partial charge in [-0.1, -0.05) is 6.07 Å². The summed E-state index contributed by atoms with van der Waals surface area (Å²) in [5.41, 5.74) is 3.09. The van der Waals surface area contributed by atoms with E-state index in [0.717, 1.165) is 35.5 Å². The van der Waals surface area contributed by atoms with E-state index >= 15 is 0 Å². The third-order valence-electron chi connectivity index (χ3n) is 4.43. The molecule has 0 unspecified atom stereocenters. The van der Waals surface area contributed by atoms with E-state index in [4.69, 9.17) is 0 Å². The predicted molar refractivity (Wildman–Crippen MR) is 87.4 cm³/mol. The molecule has 0 atom stereocenters. The topological polar surface area (TPSA) is 37.6 Å². The van der Waals surface area contributed by atoms with Crippen molar-refractivity contribution < 1.29 is 18.0 Å². The second-order valence-corrected chi connectivity index (χ2v) is 6.07. The molecule has 7 heteroatoms. The van der Waals surface area contributed by atoms with Crippen LogP contribution in [0.5, 0.6) is 0 Å². The van der Waals surface area contributed by atoms with Crippen LogP contribution in [0, 0.1) is 0 Å². The molecule has 3 heterocycles. The van der Waals surface area contributed by atoms with Crippen LogP contribution in [-0.4, -0.2) is 21.8 Å². The van der Waals surface area contributed by atoms with E-state index in [2.05, 4.69) is 4.98 Å². The zero-order valence-electron chi connectivity index (χ0n) is 13.3. The molecule has 0 radical (unpaired) electrons. The predicted octanol–water partition coefficient (Wildman–Crippen LogP) is 3.93. The lowest BCUT2D eigenvalue weighted by Gasteiger charge is -2.14. The van der Waals surface area contributed by atoms with E-state index in [9.17, 15) is 18.0 Å². The van der Waals surface area contributed by atoms with Gasteiger partial charge in [-0.2, -0.15) is 13.2 Å². The van der Waals surface area contributed by atoms with Gasteiger partial charge in [-0.05, 0) is 36.2 Å². The standard InChI is InChI=1S/C18H14F3N3O/c1-11(25)24-7-6-13-8-12(2-4-16(13)24)15-10-23-9-14(18(19,20)21)3-5-17(23)22-15/h2-5,8-10H,6-7H2,1H3. The van der Waals surface area contributed by atoms with Crippen LogP contribution in [0.15, 0.2) is 42.7 Å². The first-order chi connectivity index (χ1) is 11.8. The molecule has 0 bridgehead atoms. The summed E-state index contributed by atoms with van der Waals surface area (Å²) in [7, 11) is 0. The SMILES string of the molecule is CC(=O)N1CCc2cc(-c3cn4cc(C(F)(F)F)ccc4n3)ccc21. The number of hydrogen-bond donors (Lipinski definition) is 0. The molecule has 1 aliphatic rings. The molecule has 3 aromatic rings. The Morgan fingerprint density at radius 3 is 2.68 bits per heavy atom. The number of nitrogens with zero attached hydrogens (tertiary/aromatic N) is 3. The highest BCUT2D eigenvalue weighted by Gasteiger charge is 2.31. The number of imidazole rings is 1. The molecular weight excluding hydrogens is 331 g/mol. The van der Waals surface area contributed by atoms with E-state index in [1.807, 2.05) is 18.2 Å². The summed E-state index contributed by atoms with van der Waals surface area (Å²) in [5, 5.41) is 0. The normalized spacial score (nSPS) is 14.2. The third-order valence-corrected chi connectivity index (χ3v) is 4.43. The van der Waals surface area contributed by atoms with Crippen LogP contribution in [0.25, 0.3) is 16.9 Å². The lowest BCUT2D eigenvalue weighted by Crippen LogP contribution is -2.25. The molecule has 2 aromatic heterocycles. The van der Waals surface area contributed by atoms with Gasteiger partial charge in [0.15, 0.2) is 0 Å². The number of aromatic nitrogens is 2. The Bertz CT molecular complexity index is 991. The van der Waals surface area contributed by atoms with E-state index in [-0.39, 0.29) is 5.91 Å². The van der Waals surface area contributed by atoms with E-state index in [0.29, 0.717) is 17.9 Å². The fraction of sp³-hybridized carbons (Fsp3) is 0.222. The highest BCUT2D eigenvalue weighted by Crippen LogP contribution is 2.33. The van der Waals surface area contributed by atoms with Crippen molar-refractivity contribution in [1.29, 1.82) is 0 Å². The van der Waals surface area contributed by atoms with Crippen LogP contribution in [0.2, 0.25) is 0 Å². The summed E-state index contributed by atoms with van der Waals surface area (Å²) in [6.07, 6.45) is -1.00. The molecule has 0 saturated heterocycles. The maximum absolute atomic E-state index is 12.8. The largest absolute Gasteiger partial charge is 0.417 e. The van der Waals surface area contributed by atoms with E-state index in [1.54, 1.807) is 11.1 Å². The molecule has 0 saturated carbocycles. The monoisotopic (exact) mass is 345 g/mol. The average Bonchev–Trinajstić information content (AvgIpc) is 3.16. The highest BCUT2D eigenvalue weighted by molar-refractivity contribution is 5.94. The number of hydrogen-bond acceptors (Lipinski definition) is 2. The van der Waals surface area contributed by atoms with Crippen molar-refractivity contribution in [3.05, 3.63) is 53.9 Å². The van der Waals surface area contributed by atoms with Crippen LogP contribution < -0.4 is 4.90 Å². The van der Waals surface area contributed by atoms with E-state index < -0.39 is 11.7 Å². The Morgan fingerprint density at radius 1 is 1.16 bits per heavy atom. The molecular formula is C18H14F3N3O. The lowest BCUT2D eigenvalue weighted by molar-refractivity contribution is -0.137. The molecule has 0 spiro atoms. The fourth-order valence-corrected chi connectivity index (χ4v) is 3.19. The lowest BCUT2D eigenvalue weighted by atomic mass is 10.1. The number of carbonyl (C=O) groups is 1. The van der Waals surface area contributed by atoms with Crippen LogP contribution in [0.3, 0.4) is 0 Å². The summed E-state index contributed by atoms with van der Waals surface area (Å²) in [4.78, 5) is 17.7. The van der Waals surface area contributed by atoms with Gasteiger partial charge in [0.05, 0.1) is 11.3 Å². The molecule has 1 amide bonds. The molecule has 0 N–H and O–H groups in total. The zero-order chi connectivity index (χ0) is 17.8. The number of halogens is 3. The van der Waals surface area contributed by atoms with Crippen molar-refractivity contribution in [2.45, 2.75) is 19.5 Å². The van der Waals surface area contributed by atoms with Crippen molar-refractivity contribution in [1.82, 2.24) is 9.38 Å². The number of fused-ring (bicyclic) bond motifs is 2. The van der Waals surface area contributed by atoms with Crippen molar-refractivity contribution in [3.63, 3.8) is 0 Å². The fourth-order valence-electron chi connectivity index (χ4n) is 3.19. The van der Waals surface area contributed by atoms with Crippen molar-refractivity contribution in [2.75, 3.05) is 11.4 Å². The quantitative estimate of drug-likeness (QED) is 0.670. The molecule has 4 nitrogen and oxygen atoms in total. The molecule has 25 heavy (non-hydrogen) atoms. The molecule has 1 aliphatic heterocycles. The Labute approximate surface area is 141 Å². The van der Waals surface area contributed by atoms with Gasteiger partial charge in [0, 0.05) is 37.1 Å². The van der Waals surface area contributed by atoms with E-state index in [1.165, 1.54) is 17.4 Å². The Balaban J connectivity index is 1.74. The first-order valence-corrected chi connectivity index (χ1v) is 7.80. The first kappa shape index (κ1) is 15.7. The smallest absolute Gasteiger partial charge is 0.312 e. The number of pyridine rings is 1. The van der Waals surface area contributed by atoms with Gasteiger partial charge in [-0.3, -0.25) is 4.79 Å². The molecule has 128 valence electrons. The summed E-state index contributed by atoms with van der Waals surface area (Å²) in [6, 6.07) is 8.04. The number of benzene rings is 1. The van der Waals surface area contributed by atoms with Gasteiger partial charge in [0.1, 0.15) is 5.65 Å². The van der Waals surface area contributed by atoms with Gasteiger partial charge >= 0.3 is 6.18 Å². The Morgan fingerprint density at radius 2 is 1.96 bits per heavy atom. The van der Waals surface area contributed by atoms with Crippen molar-refractivity contribution in [3.8, 4) is 11.3 Å². The zero-order valence-corrected chi connectivity index (χ0v) is 13.3. The van der Waals surface area contributed by atoms with Crippen LogP contribution in [0.4, 0.5) is 18.9 Å². The number of amides is 1. The summed E-state index contributed by atoms with van der Waals surface area (Å²) in [5.74, 6) is -0.00101. The minimum absolute atomic E-state index is 0.00101. The molecule has 0 aliphatic carbocycles. The maximum Gasteiger partial charge on any atom is 0.417 e. The van der Waals surface area contributed by atoms with Gasteiger partial charge in [0.25, 0.3) is 0 Å². The summed E-state index contributed by atoms with van der Waals surface area (Å²) in [6.45, 7) is 2.18. The van der Waals surface area contributed by atoms with Gasteiger partial charge < -0.3 is 9.30 Å². The maximum atomic E-state index is 12.8. The van der Waals surface area contributed by atoms with Crippen LogP contribution >= 0.6 is 0 Å². The molecule has 0 fully saturated rings. The second-order valence-electron chi connectivity index (χ2n) is 6.07. The van der Waals surface area contributed by atoms with Crippen LogP contribution in [-0.2, 0) is 17.4 Å². The Hall–Kier alpha value is -2.83. The number of rotatable bonds is 1. The summed E-state index contributed by atoms with van der Waals surface area (Å²) < 4.78 is 39.9. The molecule has 1 aromatic carbocycles. The highest BCUT2D eigenvalue weighted by atomic mass is 19.4. The number of anilines is 1. The van der Waals surface area contributed by atoms with Gasteiger partial charge in [-0.15, -0.1) is 0 Å². The van der Waals surface area contributed by atoms with Gasteiger partial charge in [-0.25, -0.2) is 4.98 Å².